The van der Waals surface area contributed by atoms with E-state index in [-0.39, 0.29) is 5.91 Å². The molecule has 0 bridgehead atoms. The van der Waals surface area contributed by atoms with E-state index < -0.39 is 0 Å². The molecule has 5 heteroatoms. The molecular weight excluding hydrogens is 324 g/mol. The molecule has 0 spiro atoms. The van der Waals surface area contributed by atoms with Gasteiger partial charge in [0.25, 0.3) is 5.91 Å². The van der Waals surface area contributed by atoms with Crippen molar-refractivity contribution in [3.05, 3.63) is 90.4 Å². The Morgan fingerprint density at radius 3 is 2.62 bits per heavy atom. The molecule has 5 nitrogen and oxygen atoms in total. The van der Waals surface area contributed by atoms with Crippen LogP contribution in [0.3, 0.4) is 0 Å². The molecule has 0 aliphatic carbocycles. The molecular formula is C21H18N4O. The van der Waals surface area contributed by atoms with Gasteiger partial charge in [-0.2, -0.15) is 5.10 Å². The zero-order valence-electron chi connectivity index (χ0n) is 14.2. The van der Waals surface area contributed by atoms with Gasteiger partial charge in [-0.1, -0.05) is 42.5 Å². The molecule has 0 fully saturated rings. The fourth-order valence-electron chi connectivity index (χ4n) is 2.89. The second-order valence-electron chi connectivity index (χ2n) is 5.96. The van der Waals surface area contributed by atoms with E-state index in [4.69, 9.17) is 0 Å². The summed E-state index contributed by atoms with van der Waals surface area (Å²) >= 11 is 0. The highest BCUT2D eigenvalue weighted by Crippen LogP contribution is 2.12. The van der Waals surface area contributed by atoms with E-state index in [9.17, 15) is 4.79 Å². The zero-order chi connectivity index (χ0) is 17.8. The number of amides is 1. The first-order valence-corrected chi connectivity index (χ1v) is 8.53. The van der Waals surface area contributed by atoms with Gasteiger partial charge in [-0.3, -0.25) is 9.78 Å². The van der Waals surface area contributed by atoms with Gasteiger partial charge in [0.05, 0.1) is 17.4 Å². The molecule has 26 heavy (non-hydrogen) atoms. The molecule has 1 amide bonds. The average molecular weight is 342 g/mol. The third-order valence-corrected chi connectivity index (χ3v) is 4.20. The van der Waals surface area contributed by atoms with Gasteiger partial charge in [0, 0.05) is 24.0 Å². The predicted molar refractivity (Wildman–Crippen MR) is 101 cm³/mol. The summed E-state index contributed by atoms with van der Waals surface area (Å²) in [7, 11) is 0. The maximum atomic E-state index is 12.5. The lowest BCUT2D eigenvalue weighted by atomic mass is 10.2. The first kappa shape index (κ1) is 16.0. The van der Waals surface area contributed by atoms with Crippen molar-refractivity contribution < 1.29 is 4.79 Å². The Morgan fingerprint density at radius 1 is 0.923 bits per heavy atom. The Bertz CT molecular complexity index is 1040. The van der Waals surface area contributed by atoms with E-state index in [2.05, 4.69) is 21.5 Å². The summed E-state index contributed by atoms with van der Waals surface area (Å²) in [5, 5.41) is 8.32. The number of benzene rings is 2. The quantitative estimate of drug-likeness (QED) is 0.605. The third-order valence-electron chi connectivity index (χ3n) is 4.20. The van der Waals surface area contributed by atoms with E-state index in [1.165, 1.54) is 0 Å². The predicted octanol–water partition coefficient (Wildman–Crippen LogP) is 3.39. The lowest BCUT2D eigenvalue weighted by Gasteiger charge is -2.08. The molecule has 128 valence electrons. The fourth-order valence-corrected chi connectivity index (χ4v) is 2.89. The van der Waals surface area contributed by atoms with Gasteiger partial charge < -0.3 is 5.32 Å². The summed E-state index contributed by atoms with van der Waals surface area (Å²) in [6.45, 7) is 0.518. The summed E-state index contributed by atoms with van der Waals surface area (Å²) in [6.07, 6.45) is 2.31. The Morgan fingerprint density at radius 2 is 1.73 bits per heavy atom. The van der Waals surface area contributed by atoms with Crippen LogP contribution in [0.4, 0.5) is 0 Å². The Kier molecular flexibility index (Phi) is 4.43. The minimum Gasteiger partial charge on any atom is -0.350 e. The topological polar surface area (TPSA) is 59.8 Å². The molecule has 0 aliphatic heterocycles. The second-order valence-corrected chi connectivity index (χ2v) is 5.96. The van der Waals surface area contributed by atoms with E-state index in [0.717, 1.165) is 22.3 Å². The molecule has 2 heterocycles. The number of nitrogens with one attached hydrogen (secondary N) is 1. The van der Waals surface area contributed by atoms with Crippen molar-refractivity contribution in [3.63, 3.8) is 0 Å². The largest absolute Gasteiger partial charge is 0.350 e. The number of carbonyl (C=O) groups excluding carboxylic acids is 1. The normalized spacial score (nSPS) is 10.8. The summed E-state index contributed by atoms with van der Waals surface area (Å²) in [6, 6.07) is 23.4. The standard InChI is InChI=1S/C21H18N4O/c26-21(20-13-15-23-25(20)18-7-2-1-3-8-18)22-14-12-17-11-10-16-6-4-5-9-19(16)24-17/h1-11,13,15H,12,14H2,(H,22,26). The summed E-state index contributed by atoms with van der Waals surface area (Å²) in [5.74, 6) is -0.146. The van der Waals surface area contributed by atoms with E-state index in [0.29, 0.717) is 18.7 Å². The van der Waals surface area contributed by atoms with Gasteiger partial charge in [-0.15, -0.1) is 0 Å². The van der Waals surface area contributed by atoms with E-state index in [1.54, 1.807) is 16.9 Å². The lowest BCUT2D eigenvalue weighted by Crippen LogP contribution is -2.28. The molecule has 0 aliphatic rings. The van der Waals surface area contributed by atoms with Crippen LogP contribution in [0.5, 0.6) is 0 Å². The number of fused-ring (bicyclic) bond motifs is 1. The van der Waals surface area contributed by atoms with Crippen LogP contribution in [0.2, 0.25) is 0 Å². The monoisotopic (exact) mass is 342 g/mol. The number of rotatable bonds is 5. The summed E-state index contributed by atoms with van der Waals surface area (Å²) in [4.78, 5) is 17.1. The minimum atomic E-state index is -0.146. The number of carbonyl (C=O) groups is 1. The van der Waals surface area contributed by atoms with E-state index >= 15 is 0 Å². The Balaban J connectivity index is 1.42. The van der Waals surface area contributed by atoms with Crippen LogP contribution in [0.25, 0.3) is 16.6 Å². The van der Waals surface area contributed by atoms with Crippen molar-refractivity contribution in [2.75, 3.05) is 6.54 Å². The number of hydrogen-bond acceptors (Lipinski definition) is 3. The molecule has 1 N–H and O–H groups in total. The van der Waals surface area contributed by atoms with Gasteiger partial charge >= 0.3 is 0 Å². The van der Waals surface area contributed by atoms with Gasteiger partial charge in [0.1, 0.15) is 5.69 Å². The third kappa shape index (κ3) is 3.32. The smallest absolute Gasteiger partial charge is 0.270 e. The number of aromatic nitrogens is 3. The van der Waals surface area contributed by atoms with Crippen LogP contribution in [0, 0.1) is 0 Å². The molecule has 0 unspecified atom stereocenters. The van der Waals surface area contributed by atoms with Crippen LogP contribution >= 0.6 is 0 Å². The van der Waals surface area contributed by atoms with Crippen molar-refractivity contribution in [2.45, 2.75) is 6.42 Å². The van der Waals surface area contributed by atoms with Crippen LogP contribution in [-0.4, -0.2) is 27.2 Å². The average Bonchev–Trinajstić information content (AvgIpc) is 3.18. The van der Waals surface area contributed by atoms with Crippen molar-refractivity contribution in [3.8, 4) is 5.69 Å². The molecule has 2 aromatic heterocycles. The maximum absolute atomic E-state index is 12.5. The fraction of sp³-hybridized carbons (Fsp3) is 0.0952. The number of hydrogen-bond donors (Lipinski definition) is 1. The minimum absolute atomic E-state index is 0.146. The van der Waals surface area contributed by atoms with Crippen LogP contribution in [-0.2, 0) is 6.42 Å². The Hall–Kier alpha value is -3.47. The van der Waals surface area contributed by atoms with Gasteiger partial charge in [0.2, 0.25) is 0 Å². The SMILES string of the molecule is O=C(NCCc1ccc2ccccc2n1)c1ccnn1-c1ccccc1. The maximum Gasteiger partial charge on any atom is 0.270 e. The highest BCUT2D eigenvalue weighted by atomic mass is 16.2. The summed E-state index contributed by atoms with van der Waals surface area (Å²) in [5.41, 5.74) is 3.31. The highest BCUT2D eigenvalue weighted by Gasteiger charge is 2.12. The van der Waals surface area contributed by atoms with Crippen molar-refractivity contribution in [1.29, 1.82) is 0 Å². The van der Waals surface area contributed by atoms with Crippen molar-refractivity contribution in [2.24, 2.45) is 0 Å². The lowest BCUT2D eigenvalue weighted by molar-refractivity contribution is 0.0946. The molecule has 2 aromatic carbocycles. The number of nitrogens with zero attached hydrogens (tertiary/aromatic N) is 3. The Labute approximate surface area is 151 Å². The molecule has 0 radical (unpaired) electrons. The second kappa shape index (κ2) is 7.19. The highest BCUT2D eigenvalue weighted by molar-refractivity contribution is 5.93. The number of pyridine rings is 1. The van der Waals surface area contributed by atoms with Gasteiger partial charge in [-0.05, 0) is 30.3 Å². The molecule has 0 saturated heterocycles. The molecule has 0 saturated carbocycles. The van der Waals surface area contributed by atoms with Crippen molar-refractivity contribution in [1.82, 2.24) is 20.1 Å². The first-order chi connectivity index (χ1) is 12.8. The van der Waals surface area contributed by atoms with Gasteiger partial charge in [0.15, 0.2) is 0 Å². The summed E-state index contributed by atoms with van der Waals surface area (Å²) < 4.78 is 1.64. The van der Waals surface area contributed by atoms with Crippen LogP contribution in [0.15, 0.2) is 79.0 Å². The first-order valence-electron chi connectivity index (χ1n) is 8.53. The van der Waals surface area contributed by atoms with Crippen molar-refractivity contribution >= 4 is 16.8 Å². The number of para-hydroxylation sites is 2. The molecule has 0 atom stereocenters. The van der Waals surface area contributed by atoms with Crippen LogP contribution < -0.4 is 5.32 Å². The van der Waals surface area contributed by atoms with E-state index in [1.807, 2.05) is 60.7 Å². The molecule has 4 rings (SSSR count). The van der Waals surface area contributed by atoms with Crippen LogP contribution in [0.1, 0.15) is 16.2 Å². The zero-order valence-corrected chi connectivity index (χ0v) is 14.2. The van der Waals surface area contributed by atoms with Gasteiger partial charge in [-0.25, -0.2) is 4.68 Å². The molecule has 4 aromatic rings.